The van der Waals surface area contributed by atoms with Gasteiger partial charge in [-0.25, -0.2) is 0 Å². The van der Waals surface area contributed by atoms with Gasteiger partial charge in [-0.1, -0.05) is 75.9 Å². The lowest BCUT2D eigenvalue weighted by Crippen LogP contribution is -2.11. The van der Waals surface area contributed by atoms with E-state index in [1.54, 1.807) is 0 Å². The van der Waals surface area contributed by atoms with Gasteiger partial charge in [-0.3, -0.25) is 0 Å². The van der Waals surface area contributed by atoms with E-state index in [0.29, 0.717) is 5.54 Å². The highest BCUT2D eigenvalue weighted by Crippen LogP contribution is 2.38. The van der Waals surface area contributed by atoms with Crippen LogP contribution >= 0.6 is 0 Å². The molecule has 2 aromatic carbocycles. The zero-order valence-electron chi connectivity index (χ0n) is 14.2. The minimum atomic E-state index is 0.205. The summed E-state index contributed by atoms with van der Waals surface area (Å²) in [5, 5.41) is 0. The Balaban J connectivity index is 2.11. The third kappa shape index (κ3) is 2.59. The Morgan fingerprint density at radius 3 is 2.41 bits per heavy atom. The van der Waals surface area contributed by atoms with E-state index in [-0.39, 0.29) is 5.41 Å². The second kappa shape index (κ2) is 5.55. The maximum atomic E-state index is 2.37. The zero-order valence-corrected chi connectivity index (χ0v) is 15.2. The standard InChI is InChI=1S/C21H24Si/c1-14-13-15(21(2,3)4)9-10-16(14)17-7-6-8-19-18(17)11-12-20(19)22-5/h6-13,20H,1-5H3. The molecular weight excluding hydrogens is 280 g/mol. The van der Waals surface area contributed by atoms with Crippen molar-refractivity contribution in [2.75, 3.05) is 0 Å². The summed E-state index contributed by atoms with van der Waals surface area (Å²) in [6.45, 7) is 11.4. The Hall–Kier alpha value is -1.60. The van der Waals surface area contributed by atoms with Gasteiger partial charge in [-0.15, -0.1) is 0 Å². The van der Waals surface area contributed by atoms with Gasteiger partial charge in [0.25, 0.3) is 0 Å². The van der Waals surface area contributed by atoms with Crippen molar-refractivity contribution >= 4 is 15.6 Å². The monoisotopic (exact) mass is 304 g/mol. The molecule has 0 spiro atoms. The maximum absolute atomic E-state index is 2.37. The van der Waals surface area contributed by atoms with E-state index in [0.717, 1.165) is 9.52 Å². The molecular formula is C21H24Si. The van der Waals surface area contributed by atoms with E-state index >= 15 is 0 Å². The van der Waals surface area contributed by atoms with Gasteiger partial charge in [0, 0.05) is 9.52 Å². The summed E-state index contributed by atoms with van der Waals surface area (Å²) in [4.78, 5) is 0. The quantitative estimate of drug-likeness (QED) is 0.617. The number of aryl methyl sites for hydroxylation is 1. The SMILES string of the molecule is C[Si]C1C=Cc2c(-c3ccc(C(C)(C)C)cc3C)cccc21. The summed E-state index contributed by atoms with van der Waals surface area (Å²) < 4.78 is 0. The van der Waals surface area contributed by atoms with Crippen LogP contribution in [0.15, 0.2) is 42.5 Å². The summed E-state index contributed by atoms with van der Waals surface area (Å²) in [7, 11) is 0.933. The van der Waals surface area contributed by atoms with Crippen molar-refractivity contribution in [3.05, 3.63) is 64.7 Å². The molecule has 1 unspecified atom stereocenters. The van der Waals surface area contributed by atoms with Crippen molar-refractivity contribution in [2.45, 2.75) is 45.2 Å². The van der Waals surface area contributed by atoms with Crippen molar-refractivity contribution in [2.24, 2.45) is 0 Å². The van der Waals surface area contributed by atoms with E-state index in [1.807, 2.05) is 0 Å². The number of allylic oxidation sites excluding steroid dienone is 1. The van der Waals surface area contributed by atoms with Gasteiger partial charge in [0.2, 0.25) is 0 Å². The van der Waals surface area contributed by atoms with E-state index in [2.05, 4.69) is 82.8 Å². The predicted octanol–water partition coefficient (Wildman–Crippen LogP) is 5.78. The molecule has 0 aliphatic heterocycles. The van der Waals surface area contributed by atoms with Crippen LogP contribution < -0.4 is 0 Å². The van der Waals surface area contributed by atoms with Gasteiger partial charge >= 0.3 is 0 Å². The molecule has 2 aromatic rings. The lowest BCUT2D eigenvalue weighted by molar-refractivity contribution is 0.590. The molecule has 0 heterocycles. The lowest BCUT2D eigenvalue weighted by Gasteiger charge is -2.21. The first-order chi connectivity index (χ1) is 10.4. The maximum Gasteiger partial charge on any atom is 0.0492 e. The Kier molecular flexibility index (Phi) is 3.86. The van der Waals surface area contributed by atoms with Gasteiger partial charge in [-0.05, 0) is 51.3 Å². The third-order valence-corrected chi connectivity index (χ3v) is 5.75. The zero-order chi connectivity index (χ0) is 15.9. The molecule has 1 atom stereocenters. The van der Waals surface area contributed by atoms with E-state index in [1.165, 1.54) is 33.4 Å². The molecule has 112 valence electrons. The van der Waals surface area contributed by atoms with E-state index in [4.69, 9.17) is 0 Å². The molecule has 0 fully saturated rings. The third-order valence-electron chi connectivity index (χ3n) is 4.62. The average molecular weight is 305 g/mol. The van der Waals surface area contributed by atoms with Crippen molar-refractivity contribution in [3.63, 3.8) is 0 Å². The van der Waals surface area contributed by atoms with Crippen LogP contribution in [0.4, 0.5) is 0 Å². The Bertz CT molecular complexity index is 732. The topological polar surface area (TPSA) is 0 Å². The number of hydrogen-bond acceptors (Lipinski definition) is 0. The van der Waals surface area contributed by atoms with Crippen molar-refractivity contribution in [1.29, 1.82) is 0 Å². The average Bonchev–Trinajstić information content (AvgIpc) is 2.89. The molecule has 3 rings (SSSR count). The summed E-state index contributed by atoms with van der Waals surface area (Å²) in [5.74, 6) is 0. The lowest BCUT2D eigenvalue weighted by atomic mass is 9.84. The minimum Gasteiger partial charge on any atom is -0.0796 e. The molecule has 1 aliphatic carbocycles. The second-order valence-electron chi connectivity index (χ2n) is 7.21. The number of fused-ring (bicyclic) bond motifs is 1. The first kappa shape index (κ1) is 15.3. The van der Waals surface area contributed by atoms with E-state index < -0.39 is 0 Å². The molecule has 0 nitrogen and oxygen atoms in total. The molecule has 0 saturated carbocycles. The summed E-state index contributed by atoms with van der Waals surface area (Å²) in [6.07, 6.45) is 4.69. The van der Waals surface area contributed by atoms with Crippen LogP contribution in [0, 0.1) is 6.92 Å². The Morgan fingerprint density at radius 2 is 1.77 bits per heavy atom. The normalized spacial score (nSPS) is 16.9. The largest absolute Gasteiger partial charge is 0.0796 e. The fourth-order valence-corrected chi connectivity index (χ4v) is 4.11. The predicted molar refractivity (Wildman–Crippen MR) is 98.7 cm³/mol. The summed E-state index contributed by atoms with van der Waals surface area (Å²) in [6, 6.07) is 13.7. The summed E-state index contributed by atoms with van der Waals surface area (Å²) >= 11 is 0. The highest BCUT2D eigenvalue weighted by molar-refractivity contribution is 6.37. The van der Waals surface area contributed by atoms with Crippen LogP contribution in [0.1, 0.15) is 48.6 Å². The number of hydrogen-bond donors (Lipinski definition) is 0. The first-order valence-electron chi connectivity index (χ1n) is 8.01. The van der Waals surface area contributed by atoms with Crippen LogP contribution in [0.25, 0.3) is 17.2 Å². The van der Waals surface area contributed by atoms with Gasteiger partial charge in [0.15, 0.2) is 0 Å². The molecule has 1 heteroatoms. The van der Waals surface area contributed by atoms with Crippen molar-refractivity contribution in [1.82, 2.24) is 0 Å². The smallest absolute Gasteiger partial charge is 0.0492 e. The van der Waals surface area contributed by atoms with E-state index in [9.17, 15) is 0 Å². The Morgan fingerprint density at radius 1 is 1.00 bits per heavy atom. The number of rotatable bonds is 2. The molecule has 2 radical (unpaired) electrons. The molecule has 0 bridgehead atoms. The molecule has 22 heavy (non-hydrogen) atoms. The second-order valence-corrected chi connectivity index (χ2v) is 8.41. The van der Waals surface area contributed by atoms with Crippen LogP contribution in [0.2, 0.25) is 6.55 Å². The van der Waals surface area contributed by atoms with Crippen LogP contribution in [0.3, 0.4) is 0 Å². The molecule has 0 amide bonds. The van der Waals surface area contributed by atoms with Crippen molar-refractivity contribution < 1.29 is 0 Å². The van der Waals surface area contributed by atoms with Crippen LogP contribution in [0.5, 0.6) is 0 Å². The summed E-state index contributed by atoms with van der Waals surface area (Å²) in [5.41, 5.74) is 9.27. The molecule has 1 aliphatic rings. The highest BCUT2D eigenvalue weighted by Gasteiger charge is 2.20. The molecule has 0 aromatic heterocycles. The van der Waals surface area contributed by atoms with Crippen molar-refractivity contribution in [3.8, 4) is 11.1 Å². The fourth-order valence-electron chi connectivity index (χ4n) is 3.26. The van der Waals surface area contributed by atoms with Gasteiger partial charge < -0.3 is 0 Å². The minimum absolute atomic E-state index is 0.205. The molecule has 0 N–H and O–H groups in total. The van der Waals surface area contributed by atoms with Crippen LogP contribution in [-0.4, -0.2) is 9.52 Å². The fraction of sp³-hybridized carbons (Fsp3) is 0.333. The highest BCUT2D eigenvalue weighted by atomic mass is 28.2. The van der Waals surface area contributed by atoms with Gasteiger partial charge in [-0.2, -0.15) is 0 Å². The number of benzene rings is 2. The Labute approximate surface area is 137 Å². The first-order valence-corrected chi connectivity index (χ1v) is 9.59. The van der Waals surface area contributed by atoms with Gasteiger partial charge in [0.05, 0.1) is 0 Å². The van der Waals surface area contributed by atoms with Gasteiger partial charge in [0.1, 0.15) is 0 Å². The molecule has 0 saturated heterocycles. The van der Waals surface area contributed by atoms with Crippen LogP contribution in [-0.2, 0) is 5.41 Å².